The third-order valence-electron chi connectivity index (χ3n) is 4.97. The highest BCUT2D eigenvalue weighted by molar-refractivity contribution is 6.30. The van der Waals surface area contributed by atoms with Crippen LogP contribution in [0.4, 0.5) is 0 Å². The molecule has 140 valence electrons. The number of amides is 1. The van der Waals surface area contributed by atoms with Crippen LogP contribution in [0.2, 0.25) is 5.02 Å². The number of halogens is 1. The molecule has 1 aromatic heterocycles. The van der Waals surface area contributed by atoms with Crippen molar-refractivity contribution in [1.82, 2.24) is 19.8 Å². The van der Waals surface area contributed by atoms with E-state index >= 15 is 0 Å². The molecule has 2 heterocycles. The van der Waals surface area contributed by atoms with Crippen molar-refractivity contribution in [2.24, 2.45) is 0 Å². The summed E-state index contributed by atoms with van der Waals surface area (Å²) < 4.78 is 2.06. The van der Waals surface area contributed by atoms with Gasteiger partial charge in [-0.2, -0.15) is 0 Å². The molecule has 5 nitrogen and oxygen atoms in total. The summed E-state index contributed by atoms with van der Waals surface area (Å²) in [6, 6.07) is 8.33. The summed E-state index contributed by atoms with van der Waals surface area (Å²) >= 11 is 5.94. The van der Waals surface area contributed by atoms with Gasteiger partial charge in [0.15, 0.2) is 0 Å². The van der Waals surface area contributed by atoms with E-state index in [1.54, 1.807) is 6.20 Å². The van der Waals surface area contributed by atoms with Crippen LogP contribution in [0.1, 0.15) is 37.6 Å². The van der Waals surface area contributed by atoms with Gasteiger partial charge < -0.3 is 9.88 Å². The predicted molar refractivity (Wildman–Crippen MR) is 104 cm³/mol. The van der Waals surface area contributed by atoms with Crippen molar-refractivity contribution >= 4 is 17.5 Å². The molecule has 0 unspecified atom stereocenters. The predicted octanol–water partition coefficient (Wildman–Crippen LogP) is 3.27. The Morgan fingerprint density at radius 1 is 1.27 bits per heavy atom. The van der Waals surface area contributed by atoms with Crippen molar-refractivity contribution in [3.05, 3.63) is 53.1 Å². The summed E-state index contributed by atoms with van der Waals surface area (Å²) in [4.78, 5) is 19.0. The Hall–Kier alpha value is -1.85. The van der Waals surface area contributed by atoms with Crippen LogP contribution in [-0.2, 0) is 24.3 Å². The number of imidazole rings is 1. The molecule has 2 aromatic rings. The topological polar surface area (TPSA) is 50.2 Å². The Kier molecular flexibility index (Phi) is 6.69. The average Bonchev–Trinajstić information content (AvgIpc) is 3.11. The minimum Gasteiger partial charge on any atom is -0.353 e. The Balaban J connectivity index is 1.38. The molecule has 1 saturated heterocycles. The van der Waals surface area contributed by atoms with Crippen molar-refractivity contribution in [3.8, 4) is 0 Å². The van der Waals surface area contributed by atoms with Crippen LogP contribution >= 0.6 is 11.6 Å². The number of piperidine rings is 1. The molecule has 0 bridgehead atoms. The molecule has 1 N–H and O–H groups in total. The summed E-state index contributed by atoms with van der Waals surface area (Å²) in [6.45, 7) is 5.74. The zero-order valence-electron chi connectivity index (χ0n) is 15.3. The van der Waals surface area contributed by atoms with Crippen LogP contribution in [0.3, 0.4) is 0 Å². The van der Waals surface area contributed by atoms with Gasteiger partial charge in [0.05, 0.1) is 0 Å². The first kappa shape index (κ1) is 18.9. The standard InChI is InChI=1S/C20H27ClN4O/c1-2-19-22-10-14-25(19)13-9-20(26)23-18-7-11-24(12-8-18)15-16-3-5-17(21)6-4-16/h3-6,10,14,18H,2,7-9,11-13,15H2,1H3,(H,23,26). The molecule has 3 rings (SSSR count). The van der Waals surface area contributed by atoms with Crippen molar-refractivity contribution in [2.45, 2.75) is 51.7 Å². The zero-order valence-corrected chi connectivity index (χ0v) is 16.1. The fraction of sp³-hybridized carbons (Fsp3) is 0.500. The number of aromatic nitrogens is 2. The van der Waals surface area contributed by atoms with E-state index in [4.69, 9.17) is 11.6 Å². The maximum Gasteiger partial charge on any atom is 0.222 e. The van der Waals surface area contributed by atoms with Gasteiger partial charge >= 0.3 is 0 Å². The largest absolute Gasteiger partial charge is 0.353 e. The Morgan fingerprint density at radius 2 is 2.00 bits per heavy atom. The summed E-state index contributed by atoms with van der Waals surface area (Å²) in [6.07, 6.45) is 7.15. The number of nitrogens with zero attached hydrogens (tertiary/aromatic N) is 3. The van der Waals surface area contributed by atoms with Crippen LogP contribution < -0.4 is 5.32 Å². The molecular formula is C20H27ClN4O. The van der Waals surface area contributed by atoms with E-state index in [1.807, 2.05) is 18.3 Å². The molecule has 0 saturated carbocycles. The number of aryl methyl sites for hydroxylation is 2. The number of rotatable bonds is 7. The highest BCUT2D eigenvalue weighted by atomic mass is 35.5. The maximum absolute atomic E-state index is 12.2. The average molecular weight is 375 g/mol. The Morgan fingerprint density at radius 3 is 2.69 bits per heavy atom. The summed E-state index contributed by atoms with van der Waals surface area (Å²) in [5.74, 6) is 1.17. The number of likely N-dealkylation sites (tertiary alicyclic amines) is 1. The molecule has 1 fully saturated rings. The smallest absolute Gasteiger partial charge is 0.222 e. The van der Waals surface area contributed by atoms with Gasteiger partial charge in [-0.3, -0.25) is 9.69 Å². The van der Waals surface area contributed by atoms with Gasteiger partial charge in [0, 0.05) is 62.5 Å². The molecule has 26 heavy (non-hydrogen) atoms. The number of hydrogen-bond donors (Lipinski definition) is 1. The monoisotopic (exact) mass is 374 g/mol. The van der Waals surface area contributed by atoms with E-state index in [9.17, 15) is 4.79 Å². The van der Waals surface area contributed by atoms with Gasteiger partial charge in [-0.05, 0) is 30.5 Å². The van der Waals surface area contributed by atoms with Crippen molar-refractivity contribution < 1.29 is 4.79 Å². The molecular weight excluding hydrogens is 348 g/mol. The quantitative estimate of drug-likeness (QED) is 0.809. The lowest BCUT2D eigenvalue weighted by molar-refractivity contribution is -0.122. The first-order valence-electron chi connectivity index (χ1n) is 9.40. The molecule has 0 aliphatic carbocycles. The van der Waals surface area contributed by atoms with E-state index in [-0.39, 0.29) is 11.9 Å². The summed E-state index contributed by atoms with van der Waals surface area (Å²) in [7, 11) is 0. The van der Waals surface area contributed by atoms with Crippen molar-refractivity contribution in [1.29, 1.82) is 0 Å². The first-order valence-corrected chi connectivity index (χ1v) is 9.78. The number of nitrogens with one attached hydrogen (secondary N) is 1. The molecule has 0 radical (unpaired) electrons. The zero-order chi connectivity index (χ0) is 18.4. The first-order chi connectivity index (χ1) is 12.6. The lowest BCUT2D eigenvalue weighted by Gasteiger charge is -2.32. The molecule has 1 aliphatic heterocycles. The lowest BCUT2D eigenvalue weighted by Crippen LogP contribution is -2.44. The third-order valence-corrected chi connectivity index (χ3v) is 5.22. The lowest BCUT2D eigenvalue weighted by atomic mass is 10.0. The second kappa shape index (κ2) is 9.19. The normalized spacial score (nSPS) is 15.9. The Bertz CT molecular complexity index is 705. The van der Waals surface area contributed by atoms with Crippen LogP contribution in [0, 0.1) is 0 Å². The molecule has 1 amide bonds. The maximum atomic E-state index is 12.2. The van der Waals surface area contributed by atoms with Gasteiger partial charge in [0.25, 0.3) is 0 Å². The second-order valence-electron chi connectivity index (χ2n) is 6.88. The van der Waals surface area contributed by atoms with Gasteiger partial charge in [0.2, 0.25) is 5.91 Å². The van der Waals surface area contributed by atoms with Gasteiger partial charge in [-0.1, -0.05) is 30.7 Å². The molecule has 0 spiro atoms. The van der Waals surface area contributed by atoms with Gasteiger partial charge in [0.1, 0.15) is 5.82 Å². The van der Waals surface area contributed by atoms with Crippen molar-refractivity contribution in [3.63, 3.8) is 0 Å². The van der Waals surface area contributed by atoms with Crippen LogP contribution in [-0.4, -0.2) is 39.5 Å². The van der Waals surface area contributed by atoms with E-state index in [1.165, 1.54) is 5.56 Å². The fourth-order valence-electron chi connectivity index (χ4n) is 3.46. The van der Waals surface area contributed by atoms with Gasteiger partial charge in [-0.15, -0.1) is 0 Å². The van der Waals surface area contributed by atoms with E-state index in [0.29, 0.717) is 13.0 Å². The SMILES string of the molecule is CCc1nccn1CCC(=O)NC1CCN(Cc2ccc(Cl)cc2)CC1. The number of carbonyl (C=O) groups is 1. The van der Waals surface area contributed by atoms with E-state index in [2.05, 4.69) is 38.8 Å². The number of carbonyl (C=O) groups excluding carboxylic acids is 1. The minimum atomic E-state index is 0.136. The van der Waals surface area contributed by atoms with Crippen LogP contribution in [0.25, 0.3) is 0 Å². The van der Waals surface area contributed by atoms with E-state index in [0.717, 1.165) is 49.7 Å². The summed E-state index contributed by atoms with van der Waals surface area (Å²) in [5.41, 5.74) is 1.28. The molecule has 1 aromatic carbocycles. The number of hydrogen-bond acceptors (Lipinski definition) is 3. The van der Waals surface area contributed by atoms with Crippen LogP contribution in [0.5, 0.6) is 0 Å². The fourth-order valence-corrected chi connectivity index (χ4v) is 3.59. The van der Waals surface area contributed by atoms with Crippen LogP contribution in [0.15, 0.2) is 36.7 Å². The minimum absolute atomic E-state index is 0.136. The number of benzene rings is 1. The second-order valence-corrected chi connectivity index (χ2v) is 7.32. The highest BCUT2D eigenvalue weighted by Gasteiger charge is 2.20. The molecule has 1 aliphatic rings. The summed E-state index contributed by atoms with van der Waals surface area (Å²) in [5, 5.41) is 3.97. The third kappa shape index (κ3) is 5.32. The van der Waals surface area contributed by atoms with Gasteiger partial charge in [-0.25, -0.2) is 4.98 Å². The van der Waals surface area contributed by atoms with Crippen molar-refractivity contribution in [2.75, 3.05) is 13.1 Å². The molecule has 6 heteroatoms. The van der Waals surface area contributed by atoms with E-state index < -0.39 is 0 Å². The highest BCUT2D eigenvalue weighted by Crippen LogP contribution is 2.16. The Labute approximate surface area is 160 Å². The molecule has 0 atom stereocenters.